The Morgan fingerprint density at radius 2 is 1.67 bits per heavy atom. The van der Waals surface area contributed by atoms with Gasteiger partial charge in [-0.25, -0.2) is 13.8 Å². The minimum Gasteiger partial charge on any atom is -0.436 e. The molecule has 0 atom stereocenters. The van der Waals surface area contributed by atoms with Gasteiger partial charge in [-0.2, -0.15) is 4.98 Å². The molecule has 0 fully saturated rings. The van der Waals surface area contributed by atoms with Gasteiger partial charge in [-0.05, 0) is 30.7 Å². The first kappa shape index (κ1) is 16.4. The Labute approximate surface area is 142 Å². The van der Waals surface area contributed by atoms with Crippen LogP contribution in [-0.4, -0.2) is 9.97 Å². The van der Waals surface area contributed by atoms with Crippen molar-refractivity contribution in [1.29, 1.82) is 0 Å². The van der Waals surface area contributed by atoms with Crippen molar-refractivity contribution in [2.45, 2.75) is 17.8 Å². The molecule has 0 bridgehead atoms. The largest absolute Gasteiger partial charge is 0.436 e. The summed E-state index contributed by atoms with van der Waals surface area (Å²) in [6.45, 7) is 1.79. The first-order chi connectivity index (χ1) is 11.6. The van der Waals surface area contributed by atoms with E-state index >= 15 is 0 Å². The van der Waals surface area contributed by atoms with Crippen LogP contribution in [0.25, 0.3) is 0 Å². The zero-order valence-electron chi connectivity index (χ0n) is 12.9. The maximum atomic E-state index is 13.7. The van der Waals surface area contributed by atoms with Gasteiger partial charge in [-0.1, -0.05) is 42.1 Å². The van der Waals surface area contributed by atoms with E-state index in [4.69, 9.17) is 4.74 Å². The van der Waals surface area contributed by atoms with Crippen LogP contribution in [0.15, 0.2) is 59.8 Å². The van der Waals surface area contributed by atoms with Gasteiger partial charge in [0, 0.05) is 17.5 Å². The first-order valence-electron chi connectivity index (χ1n) is 7.26. The van der Waals surface area contributed by atoms with Gasteiger partial charge < -0.3 is 4.74 Å². The highest BCUT2D eigenvalue weighted by atomic mass is 32.2. The van der Waals surface area contributed by atoms with Gasteiger partial charge in [0.25, 0.3) is 0 Å². The van der Waals surface area contributed by atoms with Crippen molar-refractivity contribution in [2.75, 3.05) is 0 Å². The lowest BCUT2D eigenvalue weighted by atomic mass is 10.2. The quantitative estimate of drug-likeness (QED) is 0.474. The molecule has 0 unspecified atom stereocenters. The number of hydrogen-bond acceptors (Lipinski definition) is 4. The molecule has 24 heavy (non-hydrogen) atoms. The summed E-state index contributed by atoms with van der Waals surface area (Å²) in [5, 5.41) is 0.449. The molecule has 0 N–H and O–H groups in total. The van der Waals surface area contributed by atoms with Crippen molar-refractivity contribution in [3.63, 3.8) is 0 Å². The molecule has 6 heteroatoms. The molecule has 0 saturated carbocycles. The molecule has 2 aromatic carbocycles. The van der Waals surface area contributed by atoms with Crippen molar-refractivity contribution in [3.05, 3.63) is 77.5 Å². The Morgan fingerprint density at radius 1 is 0.958 bits per heavy atom. The maximum Gasteiger partial charge on any atom is 0.223 e. The average Bonchev–Trinajstić information content (AvgIpc) is 2.56. The molecular weight excluding hydrogens is 330 g/mol. The van der Waals surface area contributed by atoms with Gasteiger partial charge in [-0.3, -0.25) is 0 Å². The molecule has 0 aliphatic carbocycles. The molecule has 0 saturated heterocycles. The predicted octanol–water partition coefficient (Wildman–Crippen LogP) is 5.15. The van der Waals surface area contributed by atoms with Crippen molar-refractivity contribution in [3.8, 4) is 11.6 Å². The third-order valence-corrected chi connectivity index (χ3v) is 4.07. The van der Waals surface area contributed by atoms with Crippen LogP contribution in [0.5, 0.6) is 11.6 Å². The van der Waals surface area contributed by atoms with Gasteiger partial charge in [0.05, 0.1) is 0 Å². The Hall–Kier alpha value is -2.47. The summed E-state index contributed by atoms with van der Waals surface area (Å²) in [6.07, 6.45) is 0. The van der Waals surface area contributed by atoms with E-state index in [-0.39, 0.29) is 17.4 Å². The summed E-state index contributed by atoms with van der Waals surface area (Å²) in [4.78, 5) is 8.55. The molecule has 1 heterocycles. The van der Waals surface area contributed by atoms with Gasteiger partial charge in [0.1, 0.15) is 5.82 Å². The van der Waals surface area contributed by atoms with E-state index < -0.39 is 5.82 Å². The molecule has 0 radical (unpaired) electrons. The lowest BCUT2D eigenvalue weighted by Crippen LogP contribution is -1.97. The molecule has 3 nitrogen and oxygen atoms in total. The number of benzene rings is 2. The molecule has 1 aromatic heterocycles. The number of halogens is 2. The molecule has 0 amide bonds. The highest BCUT2D eigenvalue weighted by Crippen LogP contribution is 2.26. The second-order valence-corrected chi connectivity index (χ2v) is 5.99. The van der Waals surface area contributed by atoms with Crippen LogP contribution in [0.3, 0.4) is 0 Å². The third-order valence-electron chi connectivity index (χ3n) is 3.18. The molecule has 122 valence electrons. The SMILES string of the molecule is Cc1cc(Oc2ccccc2F)nc(SCc2ccccc2F)n1. The molecule has 3 aromatic rings. The van der Waals surface area contributed by atoms with Crippen LogP contribution in [0, 0.1) is 18.6 Å². The minimum absolute atomic E-state index is 0.0978. The second-order valence-electron chi connectivity index (χ2n) is 5.04. The molecule has 0 spiro atoms. The maximum absolute atomic E-state index is 13.7. The fraction of sp³-hybridized carbons (Fsp3) is 0.111. The topological polar surface area (TPSA) is 35.0 Å². The average molecular weight is 344 g/mol. The van der Waals surface area contributed by atoms with E-state index in [1.54, 1.807) is 43.3 Å². The second kappa shape index (κ2) is 7.40. The number of aryl methyl sites for hydroxylation is 1. The van der Waals surface area contributed by atoms with E-state index in [0.717, 1.165) is 0 Å². The van der Waals surface area contributed by atoms with Crippen molar-refractivity contribution < 1.29 is 13.5 Å². The van der Waals surface area contributed by atoms with E-state index in [1.165, 1.54) is 30.0 Å². The van der Waals surface area contributed by atoms with Gasteiger partial charge in [0.2, 0.25) is 5.88 Å². The van der Waals surface area contributed by atoms with Crippen LogP contribution in [0.1, 0.15) is 11.3 Å². The Balaban J connectivity index is 1.77. The fourth-order valence-corrected chi connectivity index (χ4v) is 2.91. The Bertz CT molecular complexity index is 858. The summed E-state index contributed by atoms with van der Waals surface area (Å²) in [6, 6.07) is 14.3. The van der Waals surface area contributed by atoms with Crippen LogP contribution in [-0.2, 0) is 5.75 Å². The number of nitrogens with zero attached hydrogens (tertiary/aromatic N) is 2. The third kappa shape index (κ3) is 4.08. The van der Waals surface area contributed by atoms with Crippen molar-refractivity contribution in [1.82, 2.24) is 9.97 Å². The fourth-order valence-electron chi connectivity index (χ4n) is 2.03. The van der Waals surface area contributed by atoms with Gasteiger partial charge in [0.15, 0.2) is 16.7 Å². The summed E-state index contributed by atoms with van der Waals surface area (Å²) >= 11 is 1.29. The number of rotatable bonds is 5. The van der Waals surface area contributed by atoms with Crippen molar-refractivity contribution >= 4 is 11.8 Å². The number of para-hydroxylation sites is 1. The summed E-state index contributed by atoms with van der Waals surface area (Å²) < 4.78 is 32.8. The zero-order chi connectivity index (χ0) is 16.9. The minimum atomic E-state index is -0.464. The van der Waals surface area contributed by atoms with E-state index in [1.807, 2.05) is 0 Å². The van der Waals surface area contributed by atoms with Crippen LogP contribution in [0.2, 0.25) is 0 Å². The van der Waals surface area contributed by atoms with Crippen LogP contribution >= 0.6 is 11.8 Å². The molecule has 0 aliphatic heterocycles. The zero-order valence-corrected chi connectivity index (χ0v) is 13.7. The summed E-state index contributed by atoms with van der Waals surface area (Å²) in [7, 11) is 0. The molecule has 0 aliphatic rings. The Morgan fingerprint density at radius 3 is 2.42 bits per heavy atom. The van der Waals surface area contributed by atoms with Crippen molar-refractivity contribution in [2.24, 2.45) is 0 Å². The van der Waals surface area contributed by atoms with E-state index in [2.05, 4.69) is 9.97 Å². The Kier molecular flexibility index (Phi) is 5.05. The number of hydrogen-bond donors (Lipinski definition) is 0. The lowest BCUT2D eigenvalue weighted by molar-refractivity contribution is 0.421. The van der Waals surface area contributed by atoms with E-state index in [0.29, 0.717) is 22.2 Å². The number of ether oxygens (including phenoxy) is 1. The van der Waals surface area contributed by atoms with Crippen LogP contribution in [0.4, 0.5) is 8.78 Å². The molecule has 3 rings (SSSR count). The number of thioether (sulfide) groups is 1. The smallest absolute Gasteiger partial charge is 0.223 e. The standard InChI is InChI=1S/C18H14F2N2OS/c1-12-10-17(23-16-9-5-4-8-15(16)20)22-18(21-12)24-11-13-6-2-3-7-14(13)19/h2-10H,11H2,1H3. The monoisotopic (exact) mass is 344 g/mol. The number of aromatic nitrogens is 2. The lowest BCUT2D eigenvalue weighted by Gasteiger charge is -2.08. The highest BCUT2D eigenvalue weighted by Gasteiger charge is 2.09. The molecular formula is C18H14F2N2OS. The normalized spacial score (nSPS) is 10.6. The highest BCUT2D eigenvalue weighted by molar-refractivity contribution is 7.98. The first-order valence-corrected chi connectivity index (χ1v) is 8.24. The summed E-state index contributed by atoms with van der Waals surface area (Å²) in [5.74, 6) is 0.0222. The predicted molar refractivity (Wildman–Crippen MR) is 89.2 cm³/mol. The summed E-state index contributed by atoms with van der Waals surface area (Å²) in [5.41, 5.74) is 1.26. The van der Waals surface area contributed by atoms with E-state index in [9.17, 15) is 8.78 Å². The van der Waals surface area contributed by atoms with Crippen LogP contribution < -0.4 is 4.74 Å². The van der Waals surface area contributed by atoms with Gasteiger partial charge >= 0.3 is 0 Å². The van der Waals surface area contributed by atoms with Gasteiger partial charge in [-0.15, -0.1) is 0 Å².